The van der Waals surface area contributed by atoms with E-state index in [2.05, 4.69) is 28.9 Å². The van der Waals surface area contributed by atoms with E-state index in [1.807, 2.05) is 11.4 Å². The topological polar surface area (TPSA) is 71.1 Å². The summed E-state index contributed by atoms with van der Waals surface area (Å²) in [6, 6.07) is 3.98. The zero-order chi connectivity index (χ0) is 15.3. The number of hydrogen-bond acceptors (Lipinski definition) is 6. The van der Waals surface area contributed by atoms with Gasteiger partial charge in [0.15, 0.2) is 0 Å². The zero-order valence-corrected chi connectivity index (χ0v) is 14.4. The summed E-state index contributed by atoms with van der Waals surface area (Å²) in [5.41, 5.74) is 0. The number of sulfonamides is 1. The standard InChI is InChI=1S/C13H19N3O2S3/c1-10(2)14-6-5-11-3-4-13(20-11)21(17,18)16-9-12-15-7-8-19-12/h3-4,7-8,10,14,16H,5-6,9H2,1-2H3. The summed E-state index contributed by atoms with van der Waals surface area (Å²) < 4.78 is 27.3. The van der Waals surface area contributed by atoms with Crippen molar-refractivity contribution in [2.45, 2.75) is 37.1 Å². The molecule has 116 valence electrons. The largest absolute Gasteiger partial charge is 0.314 e. The molecule has 0 amide bonds. The molecule has 2 heterocycles. The Morgan fingerprint density at radius 3 is 2.81 bits per heavy atom. The van der Waals surface area contributed by atoms with Crippen LogP contribution in [-0.4, -0.2) is 26.0 Å². The van der Waals surface area contributed by atoms with Gasteiger partial charge in [0.1, 0.15) is 9.22 Å². The number of nitrogens with zero attached hydrogens (tertiary/aromatic N) is 1. The van der Waals surface area contributed by atoms with Crippen molar-refractivity contribution >= 4 is 32.7 Å². The van der Waals surface area contributed by atoms with E-state index in [4.69, 9.17) is 0 Å². The van der Waals surface area contributed by atoms with Crippen LogP contribution in [0.15, 0.2) is 27.9 Å². The Bertz CT molecular complexity index is 648. The SMILES string of the molecule is CC(C)NCCc1ccc(S(=O)(=O)NCc2nccs2)s1. The summed E-state index contributed by atoms with van der Waals surface area (Å²) in [5, 5.41) is 5.91. The molecule has 21 heavy (non-hydrogen) atoms. The number of rotatable bonds is 8. The lowest BCUT2D eigenvalue weighted by Crippen LogP contribution is -2.24. The van der Waals surface area contributed by atoms with Crippen molar-refractivity contribution in [2.75, 3.05) is 6.54 Å². The van der Waals surface area contributed by atoms with Crippen molar-refractivity contribution < 1.29 is 8.42 Å². The van der Waals surface area contributed by atoms with Gasteiger partial charge in [-0.2, -0.15) is 0 Å². The van der Waals surface area contributed by atoms with Gasteiger partial charge in [-0.15, -0.1) is 22.7 Å². The second-order valence-corrected chi connectivity index (χ2v) is 8.97. The molecule has 0 saturated carbocycles. The third kappa shape index (κ3) is 5.15. The second-order valence-electron chi connectivity index (χ2n) is 4.83. The van der Waals surface area contributed by atoms with Crippen LogP contribution in [0.1, 0.15) is 23.7 Å². The summed E-state index contributed by atoms with van der Waals surface area (Å²) in [5.74, 6) is 0. The predicted octanol–water partition coefficient (Wildman–Crippen LogP) is 2.22. The molecule has 2 N–H and O–H groups in total. The summed E-state index contributed by atoms with van der Waals surface area (Å²) in [6.45, 7) is 5.27. The summed E-state index contributed by atoms with van der Waals surface area (Å²) >= 11 is 2.76. The minimum atomic E-state index is -3.44. The molecule has 0 spiro atoms. The maximum absolute atomic E-state index is 12.2. The van der Waals surface area contributed by atoms with Gasteiger partial charge in [-0.1, -0.05) is 13.8 Å². The molecule has 0 aliphatic heterocycles. The number of thiophene rings is 1. The van der Waals surface area contributed by atoms with Gasteiger partial charge in [0.25, 0.3) is 0 Å². The van der Waals surface area contributed by atoms with Crippen LogP contribution < -0.4 is 10.0 Å². The second kappa shape index (κ2) is 7.46. The highest BCUT2D eigenvalue weighted by Gasteiger charge is 2.17. The highest BCUT2D eigenvalue weighted by Crippen LogP contribution is 2.22. The highest BCUT2D eigenvalue weighted by atomic mass is 32.2. The smallest absolute Gasteiger partial charge is 0.250 e. The Morgan fingerprint density at radius 2 is 2.14 bits per heavy atom. The van der Waals surface area contributed by atoms with Crippen molar-refractivity contribution in [1.29, 1.82) is 0 Å². The molecule has 2 rings (SSSR count). The number of aromatic nitrogens is 1. The lowest BCUT2D eigenvalue weighted by atomic mass is 10.3. The van der Waals surface area contributed by atoms with Crippen LogP contribution in [0.25, 0.3) is 0 Å². The van der Waals surface area contributed by atoms with Crippen molar-refractivity contribution in [3.63, 3.8) is 0 Å². The van der Waals surface area contributed by atoms with E-state index in [0.29, 0.717) is 10.3 Å². The van der Waals surface area contributed by atoms with Gasteiger partial charge in [-0.05, 0) is 18.6 Å². The van der Waals surface area contributed by atoms with E-state index >= 15 is 0 Å². The van der Waals surface area contributed by atoms with Crippen LogP contribution >= 0.6 is 22.7 Å². The molecule has 0 aromatic carbocycles. The van der Waals surface area contributed by atoms with Gasteiger partial charge >= 0.3 is 0 Å². The molecule has 0 radical (unpaired) electrons. The maximum atomic E-state index is 12.2. The molecule has 2 aromatic heterocycles. The molecular formula is C13H19N3O2S3. The third-order valence-electron chi connectivity index (χ3n) is 2.72. The first-order valence-electron chi connectivity index (χ1n) is 6.67. The fourth-order valence-electron chi connectivity index (χ4n) is 1.69. The van der Waals surface area contributed by atoms with Gasteiger partial charge in [-0.25, -0.2) is 18.1 Å². The zero-order valence-electron chi connectivity index (χ0n) is 12.0. The maximum Gasteiger partial charge on any atom is 0.250 e. The first-order chi connectivity index (χ1) is 9.97. The van der Waals surface area contributed by atoms with Crippen LogP contribution in [-0.2, 0) is 23.0 Å². The van der Waals surface area contributed by atoms with Gasteiger partial charge in [0.05, 0.1) is 6.54 Å². The average molecular weight is 346 g/mol. The van der Waals surface area contributed by atoms with Crippen molar-refractivity contribution in [3.8, 4) is 0 Å². The molecule has 0 saturated heterocycles. The van der Waals surface area contributed by atoms with E-state index < -0.39 is 10.0 Å². The van der Waals surface area contributed by atoms with Gasteiger partial charge in [0, 0.05) is 29.0 Å². The number of nitrogens with one attached hydrogen (secondary N) is 2. The lowest BCUT2D eigenvalue weighted by molar-refractivity contribution is 0.583. The quantitative estimate of drug-likeness (QED) is 0.770. The van der Waals surface area contributed by atoms with Crippen LogP contribution in [0.5, 0.6) is 0 Å². The Hall–Kier alpha value is -0.800. The number of thiazole rings is 1. The van der Waals surface area contributed by atoms with E-state index in [1.54, 1.807) is 12.3 Å². The summed E-state index contributed by atoms with van der Waals surface area (Å²) in [4.78, 5) is 5.13. The fraction of sp³-hybridized carbons (Fsp3) is 0.462. The Balaban J connectivity index is 1.92. The Kier molecular flexibility index (Phi) is 5.88. The molecule has 0 unspecified atom stereocenters. The molecule has 0 bridgehead atoms. The molecular weight excluding hydrogens is 326 g/mol. The summed E-state index contributed by atoms with van der Waals surface area (Å²) in [7, 11) is -3.44. The molecule has 0 atom stereocenters. The molecule has 0 fully saturated rings. The Labute approximate surface area is 133 Å². The van der Waals surface area contributed by atoms with E-state index in [-0.39, 0.29) is 6.54 Å². The minimum Gasteiger partial charge on any atom is -0.314 e. The fourth-order valence-corrected chi connectivity index (χ4v) is 4.72. The molecule has 2 aromatic rings. The lowest BCUT2D eigenvalue weighted by Gasteiger charge is -2.06. The monoisotopic (exact) mass is 345 g/mol. The van der Waals surface area contributed by atoms with Crippen LogP contribution in [0.2, 0.25) is 0 Å². The third-order valence-corrected chi connectivity index (χ3v) is 6.54. The predicted molar refractivity (Wildman–Crippen MR) is 87.3 cm³/mol. The summed E-state index contributed by atoms with van der Waals surface area (Å²) in [6.07, 6.45) is 2.50. The molecule has 0 aliphatic carbocycles. The highest BCUT2D eigenvalue weighted by molar-refractivity contribution is 7.91. The van der Waals surface area contributed by atoms with Gasteiger partial charge in [0.2, 0.25) is 10.0 Å². The van der Waals surface area contributed by atoms with Crippen molar-refractivity contribution in [1.82, 2.24) is 15.0 Å². The minimum absolute atomic E-state index is 0.238. The van der Waals surface area contributed by atoms with E-state index in [0.717, 1.165) is 22.9 Å². The van der Waals surface area contributed by atoms with Crippen molar-refractivity contribution in [3.05, 3.63) is 33.6 Å². The van der Waals surface area contributed by atoms with Crippen molar-refractivity contribution in [2.24, 2.45) is 0 Å². The number of hydrogen-bond donors (Lipinski definition) is 2. The average Bonchev–Trinajstić information content (AvgIpc) is 3.07. The Morgan fingerprint density at radius 1 is 1.33 bits per heavy atom. The van der Waals surface area contributed by atoms with Crippen LogP contribution in [0.3, 0.4) is 0 Å². The molecule has 5 nitrogen and oxygen atoms in total. The van der Waals surface area contributed by atoms with Crippen LogP contribution in [0.4, 0.5) is 0 Å². The normalized spacial score (nSPS) is 12.1. The first-order valence-corrected chi connectivity index (χ1v) is 9.85. The van der Waals surface area contributed by atoms with E-state index in [9.17, 15) is 8.42 Å². The van der Waals surface area contributed by atoms with Gasteiger partial charge < -0.3 is 5.32 Å². The van der Waals surface area contributed by atoms with E-state index in [1.165, 1.54) is 22.7 Å². The molecule has 8 heteroatoms. The first kappa shape index (κ1) is 16.6. The van der Waals surface area contributed by atoms with Gasteiger partial charge in [-0.3, -0.25) is 0 Å². The van der Waals surface area contributed by atoms with Crippen LogP contribution in [0, 0.1) is 0 Å². The molecule has 0 aliphatic rings.